The molecule has 6 heteroatoms. The minimum absolute atomic E-state index is 0.0648. The normalized spacial score (nSPS) is 10.4. The summed E-state index contributed by atoms with van der Waals surface area (Å²) in [5.74, 6) is -0.0648. The third-order valence-electron chi connectivity index (χ3n) is 2.61. The van der Waals surface area contributed by atoms with Crippen molar-refractivity contribution in [3.63, 3.8) is 0 Å². The van der Waals surface area contributed by atoms with Crippen LogP contribution < -0.4 is 5.32 Å². The molecule has 0 saturated heterocycles. The number of aromatic nitrogens is 2. The van der Waals surface area contributed by atoms with Crippen molar-refractivity contribution in [3.05, 3.63) is 51.4 Å². The highest BCUT2D eigenvalue weighted by Crippen LogP contribution is 2.21. The van der Waals surface area contributed by atoms with Gasteiger partial charge in [0, 0.05) is 34.4 Å². The molecule has 1 aromatic heterocycles. The zero-order valence-electron chi connectivity index (χ0n) is 10.1. The highest BCUT2D eigenvalue weighted by atomic mass is 79.9. The predicted molar refractivity (Wildman–Crippen MR) is 81.0 cm³/mol. The largest absolute Gasteiger partial charge is 0.352 e. The Bertz CT molecular complexity index is 555. The van der Waals surface area contributed by atoms with Gasteiger partial charge in [-0.1, -0.05) is 15.9 Å². The number of nitrogens with one attached hydrogen (secondary N) is 1. The lowest BCUT2D eigenvalue weighted by Crippen LogP contribution is -2.25. The second kappa shape index (κ2) is 6.86. The Balaban J connectivity index is 1.81. The average Bonchev–Trinajstić information content (AvgIpc) is 2.87. The van der Waals surface area contributed by atoms with Gasteiger partial charge in [-0.15, -0.1) is 0 Å². The van der Waals surface area contributed by atoms with Gasteiger partial charge >= 0.3 is 0 Å². The van der Waals surface area contributed by atoms with Gasteiger partial charge in [-0.25, -0.2) is 4.98 Å². The number of nitrogens with zero attached hydrogens (tertiary/aromatic N) is 2. The van der Waals surface area contributed by atoms with E-state index in [2.05, 4.69) is 42.2 Å². The molecule has 0 bridgehead atoms. The molecule has 0 aliphatic rings. The molecule has 0 fully saturated rings. The Labute approximate surface area is 128 Å². The van der Waals surface area contributed by atoms with Crippen LogP contribution >= 0.6 is 31.9 Å². The number of halogens is 2. The molecule has 0 aliphatic heterocycles. The second-order valence-electron chi connectivity index (χ2n) is 4.03. The summed E-state index contributed by atoms with van der Waals surface area (Å²) in [5.41, 5.74) is 0.644. The van der Waals surface area contributed by atoms with Crippen LogP contribution in [0, 0.1) is 0 Å². The number of aryl methyl sites for hydroxylation is 1. The van der Waals surface area contributed by atoms with E-state index in [1.54, 1.807) is 18.6 Å². The molecule has 1 amide bonds. The van der Waals surface area contributed by atoms with Crippen molar-refractivity contribution in [1.29, 1.82) is 0 Å². The lowest BCUT2D eigenvalue weighted by atomic mass is 10.2. The zero-order chi connectivity index (χ0) is 13.7. The molecular formula is C13H13Br2N3O. The predicted octanol–water partition coefficient (Wildman–Crippen LogP) is 3.23. The van der Waals surface area contributed by atoms with E-state index >= 15 is 0 Å². The van der Waals surface area contributed by atoms with Crippen LogP contribution in [0.5, 0.6) is 0 Å². The molecule has 0 aliphatic carbocycles. The van der Waals surface area contributed by atoms with Gasteiger partial charge in [-0.3, -0.25) is 4.79 Å². The molecule has 0 unspecified atom stereocenters. The van der Waals surface area contributed by atoms with E-state index in [0.29, 0.717) is 12.1 Å². The molecule has 4 nitrogen and oxygen atoms in total. The van der Waals surface area contributed by atoms with Crippen LogP contribution in [0.1, 0.15) is 16.8 Å². The first kappa shape index (κ1) is 14.3. The smallest absolute Gasteiger partial charge is 0.252 e. The van der Waals surface area contributed by atoms with Crippen molar-refractivity contribution in [2.75, 3.05) is 6.54 Å². The molecule has 1 heterocycles. The van der Waals surface area contributed by atoms with Crippen molar-refractivity contribution >= 4 is 37.8 Å². The first-order valence-corrected chi connectivity index (χ1v) is 7.44. The minimum Gasteiger partial charge on any atom is -0.352 e. The molecule has 1 aromatic carbocycles. The topological polar surface area (TPSA) is 46.9 Å². The van der Waals surface area contributed by atoms with Crippen LogP contribution in [0.3, 0.4) is 0 Å². The Hall–Kier alpha value is -1.14. The molecule has 1 N–H and O–H groups in total. The van der Waals surface area contributed by atoms with Crippen LogP contribution in [0.25, 0.3) is 0 Å². The Morgan fingerprint density at radius 3 is 2.89 bits per heavy atom. The lowest BCUT2D eigenvalue weighted by Gasteiger charge is -2.07. The van der Waals surface area contributed by atoms with Gasteiger partial charge in [-0.2, -0.15) is 0 Å². The van der Waals surface area contributed by atoms with E-state index < -0.39 is 0 Å². The molecule has 0 radical (unpaired) electrons. The number of hydrogen-bond donors (Lipinski definition) is 1. The molecule has 0 atom stereocenters. The van der Waals surface area contributed by atoms with E-state index in [1.807, 2.05) is 22.9 Å². The fourth-order valence-electron chi connectivity index (χ4n) is 1.65. The maximum Gasteiger partial charge on any atom is 0.252 e. The zero-order valence-corrected chi connectivity index (χ0v) is 13.3. The van der Waals surface area contributed by atoms with E-state index in [0.717, 1.165) is 21.9 Å². The second-order valence-corrected chi connectivity index (χ2v) is 5.80. The molecule has 2 aromatic rings. The molecule has 0 saturated carbocycles. The van der Waals surface area contributed by atoms with E-state index in [-0.39, 0.29) is 5.91 Å². The summed E-state index contributed by atoms with van der Waals surface area (Å²) in [5, 5.41) is 2.90. The van der Waals surface area contributed by atoms with Gasteiger partial charge in [0.25, 0.3) is 5.91 Å². The molecule has 0 spiro atoms. The number of amides is 1. The maximum absolute atomic E-state index is 12.0. The SMILES string of the molecule is O=C(NCCCn1ccnc1)c1ccc(Br)cc1Br. The first-order chi connectivity index (χ1) is 9.16. The first-order valence-electron chi connectivity index (χ1n) is 5.86. The minimum atomic E-state index is -0.0648. The molecule has 100 valence electrons. The number of carbonyl (C=O) groups excluding carboxylic acids is 1. The fourth-order valence-corrected chi connectivity index (χ4v) is 2.88. The standard InChI is InChI=1S/C13H13Br2N3O/c14-10-2-3-11(12(15)8-10)13(19)17-4-1-6-18-7-5-16-9-18/h2-3,5,7-9H,1,4,6H2,(H,17,19). The van der Waals surface area contributed by atoms with Crippen LogP contribution in [0.4, 0.5) is 0 Å². The molecule has 19 heavy (non-hydrogen) atoms. The van der Waals surface area contributed by atoms with Crippen LogP contribution in [-0.4, -0.2) is 22.0 Å². The van der Waals surface area contributed by atoms with Crippen LogP contribution in [0.15, 0.2) is 45.9 Å². The number of carbonyl (C=O) groups is 1. The van der Waals surface area contributed by atoms with Gasteiger partial charge < -0.3 is 9.88 Å². The number of hydrogen-bond acceptors (Lipinski definition) is 2. The number of imidazole rings is 1. The summed E-state index contributed by atoms with van der Waals surface area (Å²) in [4.78, 5) is 15.9. The Morgan fingerprint density at radius 2 is 2.21 bits per heavy atom. The van der Waals surface area contributed by atoms with Crippen molar-refractivity contribution in [2.45, 2.75) is 13.0 Å². The summed E-state index contributed by atoms with van der Waals surface area (Å²) in [6.45, 7) is 1.49. The number of rotatable bonds is 5. The third kappa shape index (κ3) is 4.18. The van der Waals surface area contributed by atoms with E-state index in [9.17, 15) is 4.79 Å². The van der Waals surface area contributed by atoms with Gasteiger partial charge in [-0.05, 0) is 40.5 Å². The van der Waals surface area contributed by atoms with Crippen LogP contribution in [-0.2, 0) is 6.54 Å². The van der Waals surface area contributed by atoms with Gasteiger partial charge in [0.2, 0.25) is 0 Å². The summed E-state index contributed by atoms with van der Waals surface area (Å²) in [7, 11) is 0. The van der Waals surface area contributed by atoms with Crippen molar-refractivity contribution < 1.29 is 4.79 Å². The quantitative estimate of drug-likeness (QED) is 0.802. The third-order valence-corrected chi connectivity index (χ3v) is 3.76. The summed E-state index contributed by atoms with van der Waals surface area (Å²) >= 11 is 6.75. The van der Waals surface area contributed by atoms with Crippen LogP contribution in [0.2, 0.25) is 0 Å². The molecular weight excluding hydrogens is 374 g/mol. The highest BCUT2D eigenvalue weighted by molar-refractivity contribution is 9.11. The summed E-state index contributed by atoms with van der Waals surface area (Å²) < 4.78 is 3.71. The Morgan fingerprint density at radius 1 is 1.37 bits per heavy atom. The van der Waals surface area contributed by atoms with E-state index in [4.69, 9.17) is 0 Å². The lowest BCUT2D eigenvalue weighted by molar-refractivity contribution is 0.0952. The van der Waals surface area contributed by atoms with Crippen molar-refractivity contribution in [2.24, 2.45) is 0 Å². The van der Waals surface area contributed by atoms with Crippen molar-refractivity contribution in [1.82, 2.24) is 14.9 Å². The van der Waals surface area contributed by atoms with Gasteiger partial charge in [0.15, 0.2) is 0 Å². The molecule has 2 rings (SSSR count). The maximum atomic E-state index is 12.0. The number of benzene rings is 1. The average molecular weight is 387 g/mol. The monoisotopic (exact) mass is 385 g/mol. The summed E-state index contributed by atoms with van der Waals surface area (Å²) in [6.07, 6.45) is 6.30. The van der Waals surface area contributed by atoms with Gasteiger partial charge in [0.1, 0.15) is 0 Å². The highest BCUT2D eigenvalue weighted by Gasteiger charge is 2.09. The summed E-state index contributed by atoms with van der Waals surface area (Å²) in [6, 6.07) is 5.50. The van der Waals surface area contributed by atoms with Gasteiger partial charge in [0.05, 0.1) is 11.9 Å². The van der Waals surface area contributed by atoms with E-state index in [1.165, 1.54) is 0 Å². The van der Waals surface area contributed by atoms with Crippen molar-refractivity contribution in [3.8, 4) is 0 Å². The fraction of sp³-hybridized carbons (Fsp3) is 0.231. The Kier molecular flexibility index (Phi) is 5.15.